The Morgan fingerprint density at radius 2 is 0.974 bits per heavy atom. The van der Waals surface area contributed by atoms with Crippen molar-refractivity contribution in [2.45, 2.75) is 0 Å². The van der Waals surface area contributed by atoms with Crippen LogP contribution < -0.4 is 9.47 Å². The molecule has 0 spiro atoms. The van der Waals surface area contributed by atoms with Crippen LogP contribution in [0.25, 0.3) is 33.4 Å². The maximum atomic E-state index is 11.1. The van der Waals surface area contributed by atoms with Crippen molar-refractivity contribution in [3.05, 3.63) is 122 Å². The molecular weight excluding hydrogens is 492 g/mol. The Balaban J connectivity index is 1.42. The van der Waals surface area contributed by atoms with Crippen LogP contribution in [-0.4, -0.2) is 31.9 Å². The molecule has 39 heavy (non-hydrogen) atoms. The Morgan fingerprint density at radius 1 is 0.538 bits per heavy atom. The molecule has 0 saturated heterocycles. The zero-order chi connectivity index (χ0) is 27.5. The molecule has 0 aliphatic heterocycles. The van der Waals surface area contributed by atoms with E-state index in [-0.39, 0.29) is 20.0 Å². The molecule has 0 aliphatic carbocycles. The number of esters is 2. The zero-order valence-electron chi connectivity index (χ0n) is 21.4. The van der Waals surface area contributed by atoms with Gasteiger partial charge in [-0.25, -0.2) is 9.59 Å². The Hall–Kier alpha value is -5.10. The molecule has 0 radical (unpaired) electrons. The zero-order valence-corrected chi connectivity index (χ0v) is 21.4. The van der Waals surface area contributed by atoms with Gasteiger partial charge in [-0.1, -0.05) is 73.8 Å². The predicted octanol–water partition coefficient (Wildman–Crippen LogP) is 6.86. The number of ether oxygens (including phenoxy) is 4. The fourth-order valence-electron chi connectivity index (χ4n) is 3.82. The van der Waals surface area contributed by atoms with Gasteiger partial charge in [0.1, 0.15) is 24.7 Å². The second-order valence-corrected chi connectivity index (χ2v) is 8.36. The van der Waals surface area contributed by atoms with Crippen LogP contribution >= 0.6 is 0 Å². The minimum atomic E-state index is -0.528. The summed E-state index contributed by atoms with van der Waals surface area (Å²) in [6.45, 7) is 6.98. The van der Waals surface area contributed by atoms with Gasteiger partial charge in [0.15, 0.2) is 0 Å². The first-order valence-corrected chi connectivity index (χ1v) is 12.3. The fraction of sp³-hybridized carbons (Fsp3) is 0.0909. The van der Waals surface area contributed by atoms with Crippen LogP contribution in [0.1, 0.15) is 0 Å². The van der Waals surface area contributed by atoms with Gasteiger partial charge in [-0.05, 0) is 69.8 Å². The summed E-state index contributed by atoms with van der Waals surface area (Å²) in [5, 5.41) is 0. The minimum Gasteiger partial charge on any atom is -0.490 e. The monoisotopic (exact) mass is 520 g/mol. The van der Waals surface area contributed by atoms with Gasteiger partial charge in [0.25, 0.3) is 0 Å². The molecule has 4 aromatic carbocycles. The molecule has 196 valence electrons. The van der Waals surface area contributed by atoms with E-state index in [9.17, 15) is 9.59 Å². The molecule has 0 unspecified atom stereocenters. The summed E-state index contributed by atoms with van der Waals surface area (Å²) in [4.78, 5) is 22.2. The summed E-state index contributed by atoms with van der Waals surface area (Å²) in [5.41, 5.74) is 6.46. The maximum Gasteiger partial charge on any atom is 0.333 e. The molecule has 0 aliphatic rings. The summed E-state index contributed by atoms with van der Waals surface area (Å²) < 4.78 is 20.9. The fourth-order valence-corrected chi connectivity index (χ4v) is 3.82. The molecule has 0 N–H and O–H groups in total. The van der Waals surface area contributed by atoms with Crippen LogP contribution in [0, 0.1) is 0 Å². The molecule has 0 atom stereocenters. The molecule has 6 nitrogen and oxygen atoms in total. The number of hydrogen-bond donors (Lipinski definition) is 0. The molecule has 6 heteroatoms. The van der Waals surface area contributed by atoms with E-state index >= 15 is 0 Å². The van der Waals surface area contributed by atoms with Gasteiger partial charge in [0.2, 0.25) is 6.79 Å². The molecule has 0 bridgehead atoms. The minimum absolute atomic E-state index is 0.166. The van der Waals surface area contributed by atoms with Gasteiger partial charge in [0, 0.05) is 12.2 Å². The van der Waals surface area contributed by atoms with Crippen molar-refractivity contribution in [1.82, 2.24) is 0 Å². The Morgan fingerprint density at radius 3 is 1.46 bits per heavy atom. The lowest BCUT2D eigenvalue weighted by Gasteiger charge is -2.10. The van der Waals surface area contributed by atoms with E-state index in [2.05, 4.69) is 49.6 Å². The van der Waals surface area contributed by atoms with Crippen molar-refractivity contribution in [1.29, 1.82) is 0 Å². The van der Waals surface area contributed by atoms with Crippen molar-refractivity contribution in [3.8, 4) is 44.9 Å². The largest absolute Gasteiger partial charge is 0.490 e. The van der Waals surface area contributed by atoms with Crippen LogP contribution in [0.2, 0.25) is 0 Å². The van der Waals surface area contributed by atoms with E-state index in [1.165, 1.54) is 0 Å². The van der Waals surface area contributed by atoms with E-state index in [4.69, 9.17) is 18.9 Å². The predicted molar refractivity (Wildman–Crippen MR) is 151 cm³/mol. The average Bonchev–Trinajstić information content (AvgIpc) is 3.00. The summed E-state index contributed by atoms with van der Waals surface area (Å²) in [6, 6.07) is 32.1. The lowest BCUT2D eigenvalue weighted by molar-refractivity contribution is -0.144. The average molecular weight is 521 g/mol. The SMILES string of the molecule is C=CC(=O)OCCOc1ccc(-c2cccc(-c3cccc(-c4ccc(OCOC(=O)C=C)cc4)c3)c2)cc1. The Kier molecular flexibility index (Phi) is 9.29. The van der Waals surface area contributed by atoms with Crippen molar-refractivity contribution >= 4 is 11.9 Å². The second-order valence-electron chi connectivity index (χ2n) is 8.36. The smallest absolute Gasteiger partial charge is 0.333 e. The van der Waals surface area contributed by atoms with Crippen LogP contribution in [0.3, 0.4) is 0 Å². The standard InChI is InChI=1S/C33H28O6/c1-3-32(34)37-20-19-36-30-15-11-24(12-16-30)26-7-5-9-28(21-26)29-10-6-8-27(22-29)25-13-17-31(18-14-25)38-23-39-33(35)4-2/h3-18,21-22H,1-2,19-20,23H2. The summed E-state index contributed by atoms with van der Waals surface area (Å²) >= 11 is 0. The lowest BCUT2D eigenvalue weighted by atomic mass is 9.96. The summed E-state index contributed by atoms with van der Waals surface area (Å²) in [6.07, 6.45) is 2.22. The van der Waals surface area contributed by atoms with Crippen LogP contribution in [-0.2, 0) is 19.1 Å². The number of carbonyl (C=O) groups excluding carboxylic acids is 2. The number of benzene rings is 4. The molecule has 4 aromatic rings. The second kappa shape index (κ2) is 13.4. The first kappa shape index (κ1) is 26.9. The van der Waals surface area contributed by atoms with Crippen molar-refractivity contribution in [2.75, 3.05) is 20.0 Å². The highest BCUT2D eigenvalue weighted by atomic mass is 16.7. The van der Waals surface area contributed by atoms with Gasteiger partial charge >= 0.3 is 11.9 Å². The van der Waals surface area contributed by atoms with Gasteiger partial charge in [-0.3, -0.25) is 0 Å². The summed E-state index contributed by atoms with van der Waals surface area (Å²) in [5.74, 6) is 0.310. The van der Waals surface area contributed by atoms with Crippen molar-refractivity contribution < 1.29 is 28.5 Å². The van der Waals surface area contributed by atoms with Crippen LogP contribution in [0.4, 0.5) is 0 Å². The molecule has 0 saturated carbocycles. The quantitative estimate of drug-likeness (QED) is 0.0880. The number of hydrogen-bond acceptors (Lipinski definition) is 6. The molecule has 0 aromatic heterocycles. The van der Waals surface area contributed by atoms with E-state index in [1.807, 2.05) is 60.7 Å². The van der Waals surface area contributed by atoms with Gasteiger partial charge in [0.05, 0.1) is 0 Å². The first-order chi connectivity index (χ1) is 19.1. The Labute approximate surface area is 227 Å². The van der Waals surface area contributed by atoms with E-state index < -0.39 is 11.9 Å². The topological polar surface area (TPSA) is 71.1 Å². The lowest BCUT2D eigenvalue weighted by Crippen LogP contribution is -2.10. The van der Waals surface area contributed by atoms with Gasteiger partial charge < -0.3 is 18.9 Å². The van der Waals surface area contributed by atoms with Crippen molar-refractivity contribution in [3.63, 3.8) is 0 Å². The highest BCUT2D eigenvalue weighted by Gasteiger charge is 2.06. The molecule has 0 fully saturated rings. The van der Waals surface area contributed by atoms with E-state index in [1.54, 1.807) is 0 Å². The van der Waals surface area contributed by atoms with Crippen molar-refractivity contribution in [2.24, 2.45) is 0 Å². The van der Waals surface area contributed by atoms with Crippen LogP contribution in [0.5, 0.6) is 11.5 Å². The molecule has 0 amide bonds. The molecular formula is C33H28O6. The van der Waals surface area contributed by atoms with Crippen LogP contribution in [0.15, 0.2) is 122 Å². The first-order valence-electron chi connectivity index (χ1n) is 12.3. The third-order valence-corrected chi connectivity index (χ3v) is 5.79. The Bertz CT molecular complexity index is 1440. The number of rotatable bonds is 12. The molecule has 4 rings (SSSR count). The molecule has 0 heterocycles. The van der Waals surface area contributed by atoms with Gasteiger partial charge in [-0.15, -0.1) is 0 Å². The normalized spacial score (nSPS) is 10.3. The summed E-state index contributed by atoms with van der Waals surface area (Å²) in [7, 11) is 0. The third-order valence-electron chi connectivity index (χ3n) is 5.79. The van der Waals surface area contributed by atoms with E-state index in [0.717, 1.165) is 45.5 Å². The highest BCUT2D eigenvalue weighted by Crippen LogP contribution is 2.31. The van der Waals surface area contributed by atoms with Gasteiger partial charge in [-0.2, -0.15) is 0 Å². The van der Waals surface area contributed by atoms with E-state index in [0.29, 0.717) is 11.5 Å². The third kappa shape index (κ3) is 7.69. The highest BCUT2D eigenvalue weighted by molar-refractivity contribution is 5.81. The number of carbonyl (C=O) groups is 2. The maximum absolute atomic E-state index is 11.1.